The molecular formula is C30H40N4O3. The maximum Gasteiger partial charge on any atom is 0.252 e. The maximum atomic E-state index is 13.2. The highest BCUT2D eigenvalue weighted by Gasteiger charge is 2.22. The molecule has 1 unspecified atom stereocenters. The number of rotatable bonds is 12. The molecule has 0 radical (unpaired) electrons. The molecule has 2 aromatic carbocycles. The summed E-state index contributed by atoms with van der Waals surface area (Å²) in [6, 6.07) is 15.3. The van der Waals surface area contributed by atoms with E-state index in [9.17, 15) is 14.4 Å². The molecule has 198 valence electrons. The van der Waals surface area contributed by atoms with Crippen LogP contribution in [0.1, 0.15) is 60.2 Å². The number of benzene rings is 2. The van der Waals surface area contributed by atoms with Crippen LogP contribution < -0.4 is 10.6 Å². The molecule has 2 aromatic rings. The van der Waals surface area contributed by atoms with Crippen LogP contribution in [-0.2, 0) is 16.1 Å². The van der Waals surface area contributed by atoms with Crippen molar-refractivity contribution >= 4 is 29.7 Å². The Morgan fingerprint density at radius 1 is 0.973 bits per heavy atom. The smallest absolute Gasteiger partial charge is 0.252 e. The van der Waals surface area contributed by atoms with E-state index in [1.165, 1.54) is 12.5 Å². The number of likely N-dealkylation sites (N-methyl/N-ethyl adjacent to an activating group) is 1. The molecule has 1 heterocycles. The third-order valence-corrected chi connectivity index (χ3v) is 6.69. The van der Waals surface area contributed by atoms with Crippen LogP contribution >= 0.6 is 0 Å². The van der Waals surface area contributed by atoms with Gasteiger partial charge in [0.15, 0.2) is 5.78 Å². The summed E-state index contributed by atoms with van der Waals surface area (Å²) in [6.45, 7) is 8.68. The molecule has 7 nitrogen and oxygen atoms in total. The van der Waals surface area contributed by atoms with Crippen molar-refractivity contribution in [2.24, 2.45) is 0 Å². The number of Topliss-reactive ketones (excluding diaryl/α,β-unsaturated/α-hetero) is 1. The zero-order valence-electron chi connectivity index (χ0n) is 22.3. The van der Waals surface area contributed by atoms with Gasteiger partial charge in [0.25, 0.3) is 5.91 Å². The summed E-state index contributed by atoms with van der Waals surface area (Å²) in [5.74, 6) is -0.751. The SMILES string of the molecule is CCCCC(NC(=O)c1ccccc1C=Cc1ccc(CN2CCN(C)CC2)cc1)C(=O)CNC(C)=O. The molecule has 1 saturated heterocycles. The number of piperazine rings is 1. The summed E-state index contributed by atoms with van der Waals surface area (Å²) >= 11 is 0. The van der Waals surface area contributed by atoms with Gasteiger partial charge in [-0.2, -0.15) is 0 Å². The van der Waals surface area contributed by atoms with Crippen molar-refractivity contribution < 1.29 is 14.4 Å². The van der Waals surface area contributed by atoms with Crippen LogP contribution in [0.15, 0.2) is 48.5 Å². The fourth-order valence-electron chi connectivity index (χ4n) is 4.33. The van der Waals surface area contributed by atoms with Gasteiger partial charge in [0, 0.05) is 45.2 Å². The van der Waals surface area contributed by atoms with E-state index in [4.69, 9.17) is 0 Å². The minimum atomic E-state index is -0.635. The van der Waals surface area contributed by atoms with Gasteiger partial charge in [-0.3, -0.25) is 19.3 Å². The van der Waals surface area contributed by atoms with Crippen LogP contribution in [0.3, 0.4) is 0 Å². The molecule has 1 aliphatic rings. The van der Waals surface area contributed by atoms with Gasteiger partial charge in [-0.1, -0.05) is 74.4 Å². The molecule has 0 spiro atoms. The van der Waals surface area contributed by atoms with Gasteiger partial charge in [-0.15, -0.1) is 0 Å². The summed E-state index contributed by atoms with van der Waals surface area (Å²) in [5.41, 5.74) is 3.65. The van der Waals surface area contributed by atoms with E-state index in [1.807, 2.05) is 37.3 Å². The number of carbonyl (C=O) groups excluding carboxylic acids is 3. The Morgan fingerprint density at radius 3 is 2.35 bits per heavy atom. The van der Waals surface area contributed by atoms with Gasteiger partial charge in [0.1, 0.15) is 0 Å². The molecule has 7 heteroatoms. The second-order valence-corrected chi connectivity index (χ2v) is 9.79. The Balaban J connectivity index is 1.65. The van der Waals surface area contributed by atoms with E-state index in [-0.39, 0.29) is 24.1 Å². The highest BCUT2D eigenvalue weighted by atomic mass is 16.2. The molecular weight excluding hydrogens is 464 g/mol. The van der Waals surface area contributed by atoms with E-state index >= 15 is 0 Å². The second kappa shape index (κ2) is 14.4. The number of nitrogens with zero attached hydrogens (tertiary/aromatic N) is 2. The van der Waals surface area contributed by atoms with Crippen LogP contribution in [0.2, 0.25) is 0 Å². The number of ketones is 1. The van der Waals surface area contributed by atoms with Gasteiger partial charge in [0.2, 0.25) is 5.91 Å². The van der Waals surface area contributed by atoms with Crippen LogP contribution in [0.25, 0.3) is 12.2 Å². The minimum absolute atomic E-state index is 0.0870. The Kier molecular flexibility index (Phi) is 11.0. The number of amides is 2. The Bertz CT molecular complexity index is 1070. The van der Waals surface area contributed by atoms with Crippen molar-refractivity contribution in [3.8, 4) is 0 Å². The summed E-state index contributed by atoms with van der Waals surface area (Å²) < 4.78 is 0. The molecule has 2 N–H and O–H groups in total. The molecule has 0 aromatic heterocycles. The van der Waals surface area contributed by atoms with Crippen LogP contribution in [0.5, 0.6) is 0 Å². The van der Waals surface area contributed by atoms with E-state index in [0.717, 1.165) is 56.7 Å². The third-order valence-electron chi connectivity index (χ3n) is 6.69. The van der Waals surface area contributed by atoms with Crippen molar-refractivity contribution in [3.63, 3.8) is 0 Å². The van der Waals surface area contributed by atoms with Crippen molar-refractivity contribution in [1.82, 2.24) is 20.4 Å². The van der Waals surface area contributed by atoms with E-state index in [1.54, 1.807) is 6.07 Å². The standard InChI is InChI=1S/C30H40N4O3/c1-4-5-10-28(29(36)21-31-23(2)35)32-30(37)27-9-7-6-8-26(27)16-15-24-11-13-25(14-12-24)22-34-19-17-33(3)18-20-34/h6-9,11-16,28H,4-5,10,17-22H2,1-3H3,(H,31,35)(H,32,37). The highest BCUT2D eigenvalue weighted by Crippen LogP contribution is 2.16. The van der Waals surface area contributed by atoms with Crippen molar-refractivity contribution in [2.45, 2.75) is 45.7 Å². The first-order valence-corrected chi connectivity index (χ1v) is 13.2. The summed E-state index contributed by atoms with van der Waals surface area (Å²) in [4.78, 5) is 41.8. The van der Waals surface area contributed by atoms with E-state index < -0.39 is 6.04 Å². The highest BCUT2D eigenvalue weighted by molar-refractivity contribution is 6.01. The van der Waals surface area contributed by atoms with Gasteiger partial charge in [-0.25, -0.2) is 0 Å². The van der Waals surface area contributed by atoms with Gasteiger partial charge in [0.05, 0.1) is 12.6 Å². The molecule has 3 rings (SSSR count). The lowest BCUT2D eigenvalue weighted by Gasteiger charge is -2.32. The number of nitrogens with one attached hydrogen (secondary N) is 2. The van der Waals surface area contributed by atoms with Crippen molar-refractivity contribution in [1.29, 1.82) is 0 Å². The number of carbonyl (C=O) groups is 3. The lowest BCUT2D eigenvalue weighted by atomic mass is 10.0. The van der Waals surface area contributed by atoms with E-state index in [2.05, 4.69) is 51.7 Å². The molecule has 0 aliphatic carbocycles. The summed E-state index contributed by atoms with van der Waals surface area (Å²) in [7, 11) is 2.17. The predicted octanol–water partition coefficient (Wildman–Crippen LogP) is 3.60. The molecule has 0 bridgehead atoms. The normalized spacial score (nSPS) is 15.4. The predicted molar refractivity (Wildman–Crippen MR) is 149 cm³/mol. The summed E-state index contributed by atoms with van der Waals surface area (Å²) in [6.07, 6.45) is 6.20. The Hall–Kier alpha value is -3.29. The first-order valence-electron chi connectivity index (χ1n) is 13.2. The second-order valence-electron chi connectivity index (χ2n) is 9.79. The van der Waals surface area contributed by atoms with Gasteiger partial charge >= 0.3 is 0 Å². The maximum absolute atomic E-state index is 13.2. The van der Waals surface area contributed by atoms with Gasteiger partial charge < -0.3 is 15.5 Å². The first-order chi connectivity index (χ1) is 17.9. The summed E-state index contributed by atoms with van der Waals surface area (Å²) in [5, 5.41) is 5.44. The zero-order valence-corrected chi connectivity index (χ0v) is 22.3. The largest absolute Gasteiger partial charge is 0.349 e. The van der Waals surface area contributed by atoms with Crippen LogP contribution in [-0.4, -0.2) is 73.2 Å². The lowest BCUT2D eigenvalue weighted by Crippen LogP contribution is -2.45. The van der Waals surface area contributed by atoms with Crippen LogP contribution in [0.4, 0.5) is 0 Å². The topological polar surface area (TPSA) is 81.8 Å². The Morgan fingerprint density at radius 2 is 1.68 bits per heavy atom. The molecule has 1 atom stereocenters. The molecule has 2 amide bonds. The number of unbranched alkanes of at least 4 members (excludes halogenated alkanes) is 1. The Labute approximate surface area is 220 Å². The number of hydrogen-bond acceptors (Lipinski definition) is 5. The average molecular weight is 505 g/mol. The van der Waals surface area contributed by atoms with Crippen molar-refractivity contribution in [3.05, 3.63) is 70.8 Å². The zero-order chi connectivity index (χ0) is 26.6. The van der Waals surface area contributed by atoms with Crippen molar-refractivity contribution in [2.75, 3.05) is 39.8 Å². The molecule has 0 saturated carbocycles. The lowest BCUT2D eigenvalue weighted by molar-refractivity contribution is -0.124. The fourth-order valence-corrected chi connectivity index (χ4v) is 4.33. The monoisotopic (exact) mass is 504 g/mol. The molecule has 1 fully saturated rings. The molecule has 1 aliphatic heterocycles. The number of hydrogen-bond donors (Lipinski definition) is 2. The van der Waals surface area contributed by atoms with Gasteiger partial charge in [-0.05, 0) is 36.2 Å². The quantitative estimate of drug-likeness (QED) is 0.432. The van der Waals surface area contributed by atoms with E-state index in [0.29, 0.717) is 12.0 Å². The van der Waals surface area contributed by atoms with Crippen LogP contribution in [0, 0.1) is 0 Å². The fraction of sp³-hybridized carbons (Fsp3) is 0.433. The minimum Gasteiger partial charge on any atom is -0.349 e. The third kappa shape index (κ3) is 9.26. The molecule has 37 heavy (non-hydrogen) atoms. The first kappa shape index (κ1) is 28.3. The average Bonchev–Trinajstić information content (AvgIpc) is 2.90.